The third-order valence-electron chi connectivity index (χ3n) is 12.6. The monoisotopic (exact) mass is 760 g/mol. The number of carbonyl (C=O) groups excluding carboxylic acids is 2. The van der Waals surface area contributed by atoms with Crippen LogP contribution in [-0.4, -0.2) is 78.8 Å². The molecule has 4 aromatic rings. The third kappa shape index (κ3) is 6.07. The number of rotatable bonds is 8. The highest BCUT2D eigenvalue weighted by atomic mass is 32.2. The molecule has 2 aliphatic carbocycles. The van der Waals surface area contributed by atoms with Crippen molar-refractivity contribution in [2.45, 2.75) is 88.1 Å². The fourth-order valence-corrected chi connectivity index (χ4v) is 11.0. The fraction of sp³-hybridized carbons (Fsp3) is 0.463. The van der Waals surface area contributed by atoms with E-state index in [4.69, 9.17) is 4.74 Å². The molecule has 0 spiro atoms. The molecule has 13 heteroatoms. The van der Waals surface area contributed by atoms with Gasteiger partial charge in [-0.15, -0.1) is 0 Å². The molecule has 2 saturated carbocycles. The number of sulfonamides is 1. The van der Waals surface area contributed by atoms with Gasteiger partial charge in [-0.25, -0.2) is 13.1 Å². The Morgan fingerprint density at radius 3 is 2.41 bits per heavy atom. The van der Waals surface area contributed by atoms with Crippen molar-refractivity contribution in [3.8, 4) is 17.0 Å². The second-order valence-corrected chi connectivity index (χ2v) is 17.7. The molecule has 4 aliphatic heterocycles. The molecule has 5 heterocycles. The third-order valence-corrected chi connectivity index (χ3v) is 13.8. The first-order valence-corrected chi connectivity index (χ1v) is 20.5. The molecule has 9 nitrogen and oxygen atoms in total. The van der Waals surface area contributed by atoms with Crippen molar-refractivity contribution in [3.63, 3.8) is 0 Å². The van der Waals surface area contributed by atoms with Crippen LogP contribution in [0.5, 0.6) is 5.75 Å². The van der Waals surface area contributed by atoms with Gasteiger partial charge in [0.25, 0.3) is 5.91 Å². The molecule has 4 atom stereocenters. The van der Waals surface area contributed by atoms with Crippen LogP contribution < -0.4 is 9.46 Å². The Morgan fingerprint density at radius 2 is 1.70 bits per heavy atom. The van der Waals surface area contributed by atoms with Crippen LogP contribution in [0.3, 0.4) is 0 Å². The van der Waals surface area contributed by atoms with E-state index in [2.05, 4.69) is 38.6 Å². The summed E-state index contributed by atoms with van der Waals surface area (Å²) in [4.78, 5) is 32.9. The average molecular weight is 761 g/mol. The number of nitrogens with zero attached hydrogens (tertiary/aromatic N) is 3. The number of ether oxygens (including phenoxy) is 1. The molecular weight excluding hydrogens is 718 g/mol. The number of piperazine rings is 1. The number of amides is 2. The lowest BCUT2D eigenvalue weighted by molar-refractivity contribution is -0.161. The van der Waals surface area contributed by atoms with Gasteiger partial charge in [0.2, 0.25) is 15.9 Å². The van der Waals surface area contributed by atoms with E-state index in [0.717, 1.165) is 85.9 Å². The lowest BCUT2D eigenvalue weighted by Crippen LogP contribution is -2.71. The Hall–Kier alpha value is -4.36. The van der Waals surface area contributed by atoms with Crippen molar-refractivity contribution < 1.29 is 35.9 Å². The number of hydrogen-bond donors (Lipinski definition) is 1. The molecule has 5 fully saturated rings. The van der Waals surface area contributed by atoms with Gasteiger partial charge >= 0.3 is 6.18 Å². The molecule has 2 amide bonds. The zero-order valence-electron chi connectivity index (χ0n) is 30.1. The number of benzene rings is 3. The highest BCUT2D eigenvalue weighted by Gasteiger charge is 2.66. The Kier molecular flexibility index (Phi) is 8.42. The predicted molar refractivity (Wildman–Crippen MR) is 198 cm³/mol. The van der Waals surface area contributed by atoms with Crippen LogP contribution in [0, 0.1) is 5.41 Å². The number of piperidine rings is 1. The second kappa shape index (κ2) is 12.9. The van der Waals surface area contributed by atoms with Crippen LogP contribution in [0.2, 0.25) is 0 Å². The summed E-state index contributed by atoms with van der Waals surface area (Å²) in [5, 5.41) is 0.910. The van der Waals surface area contributed by atoms with E-state index in [0.29, 0.717) is 24.2 Å². The van der Waals surface area contributed by atoms with Gasteiger partial charge in [0.1, 0.15) is 5.75 Å². The topological polar surface area (TPSA) is 101 Å². The number of hydrogen-bond acceptors (Lipinski definition) is 6. The normalized spacial score (nSPS) is 25.2. The minimum atomic E-state index is -5.00. The first kappa shape index (κ1) is 35.3. The van der Waals surface area contributed by atoms with Crippen molar-refractivity contribution >= 4 is 32.7 Å². The summed E-state index contributed by atoms with van der Waals surface area (Å²) in [6.07, 6.45) is 1.90. The maximum absolute atomic E-state index is 15.1. The molecule has 3 saturated heterocycles. The van der Waals surface area contributed by atoms with E-state index >= 15 is 4.79 Å². The fourth-order valence-electron chi connectivity index (χ4n) is 10.1. The first-order valence-electron chi connectivity index (χ1n) is 18.9. The van der Waals surface area contributed by atoms with Gasteiger partial charge < -0.3 is 14.2 Å². The molecule has 284 valence electrons. The van der Waals surface area contributed by atoms with Crippen LogP contribution >= 0.6 is 0 Å². The molecular formula is C41H43F3N4O5S. The lowest BCUT2D eigenvalue weighted by Gasteiger charge is -2.57. The van der Waals surface area contributed by atoms with Crippen molar-refractivity contribution in [3.05, 3.63) is 89.0 Å². The van der Waals surface area contributed by atoms with Gasteiger partial charge in [-0.2, -0.15) is 13.2 Å². The average Bonchev–Trinajstić information content (AvgIpc) is 3.81. The van der Waals surface area contributed by atoms with Crippen LogP contribution in [0.4, 0.5) is 13.2 Å². The van der Waals surface area contributed by atoms with Crippen LogP contribution in [0.15, 0.2) is 66.7 Å². The summed E-state index contributed by atoms with van der Waals surface area (Å²) in [5.74, 6) is -2.26. The van der Waals surface area contributed by atoms with Gasteiger partial charge in [0, 0.05) is 66.2 Å². The number of halogens is 3. The van der Waals surface area contributed by atoms with E-state index in [1.165, 1.54) is 11.6 Å². The summed E-state index contributed by atoms with van der Waals surface area (Å²) >= 11 is 0. The summed E-state index contributed by atoms with van der Waals surface area (Å²) in [6, 6.07) is 21.6. The quantitative estimate of drug-likeness (QED) is 0.209. The minimum Gasteiger partial charge on any atom is -0.497 e. The predicted octanol–water partition coefficient (Wildman–Crippen LogP) is 6.96. The maximum atomic E-state index is 15.1. The lowest BCUT2D eigenvalue weighted by atomic mass is 9.81. The van der Waals surface area contributed by atoms with Crippen LogP contribution in [0.25, 0.3) is 22.2 Å². The number of methoxy groups -OCH3 is 1. The Balaban J connectivity index is 1.13. The van der Waals surface area contributed by atoms with Crippen LogP contribution in [0.1, 0.15) is 83.8 Å². The highest BCUT2D eigenvalue weighted by molar-refractivity contribution is 7.90. The number of carbonyl (C=O) groups is 2. The van der Waals surface area contributed by atoms with Gasteiger partial charge in [-0.3, -0.25) is 14.5 Å². The van der Waals surface area contributed by atoms with E-state index in [1.54, 1.807) is 24.0 Å². The Bertz CT molecular complexity index is 2260. The molecule has 6 aliphatic rings. The SMILES string of the molecule is COc1ccc2c(c1)C1CC1(C(=O)N1C3CC1CN(Cc1ccccc1)C3)Cn1c-2c(C2CCCCC2)c2ccc(C(=O)NS(=O)(=O)CC(F)(F)F)cc21. The van der Waals surface area contributed by atoms with Crippen molar-refractivity contribution in [1.29, 1.82) is 0 Å². The van der Waals surface area contributed by atoms with E-state index in [9.17, 15) is 26.4 Å². The van der Waals surface area contributed by atoms with Gasteiger partial charge in [0.05, 0.1) is 18.2 Å². The molecule has 3 aromatic carbocycles. The molecule has 2 bridgehead atoms. The Labute approximate surface area is 312 Å². The minimum absolute atomic E-state index is 0.0509. The zero-order chi connectivity index (χ0) is 37.6. The molecule has 0 radical (unpaired) electrons. The maximum Gasteiger partial charge on any atom is 0.404 e. The number of aromatic nitrogens is 1. The summed E-state index contributed by atoms with van der Waals surface area (Å²) in [5.41, 5.74) is 5.34. The van der Waals surface area contributed by atoms with Crippen molar-refractivity contribution in [2.75, 3.05) is 26.0 Å². The zero-order valence-corrected chi connectivity index (χ0v) is 30.9. The molecule has 4 unspecified atom stereocenters. The summed E-state index contributed by atoms with van der Waals surface area (Å²) in [6.45, 7) is 2.82. The van der Waals surface area contributed by atoms with E-state index < -0.39 is 33.3 Å². The molecule has 1 N–H and O–H groups in total. The largest absolute Gasteiger partial charge is 0.497 e. The summed E-state index contributed by atoms with van der Waals surface area (Å²) < 4.78 is 73.2. The summed E-state index contributed by atoms with van der Waals surface area (Å²) in [7, 11) is -3.34. The first-order chi connectivity index (χ1) is 25.8. The van der Waals surface area contributed by atoms with Crippen LogP contribution in [-0.2, 0) is 27.9 Å². The van der Waals surface area contributed by atoms with Crippen molar-refractivity contribution in [1.82, 2.24) is 19.1 Å². The number of alkyl halides is 3. The molecule has 10 rings (SSSR count). The Morgan fingerprint density at radius 1 is 0.963 bits per heavy atom. The van der Waals surface area contributed by atoms with E-state index in [-0.39, 0.29) is 35.4 Å². The molecule has 1 aromatic heterocycles. The van der Waals surface area contributed by atoms with Crippen molar-refractivity contribution in [2.24, 2.45) is 5.41 Å². The smallest absolute Gasteiger partial charge is 0.404 e. The van der Waals surface area contributed by atoms with E-state index in [1.807, 2.05) is 24.3 Å². The number of fused-ring (bicyclic) bond motifs is 9. The van der Waals surface area contributed by atoms with Gasteiger partial charge in [-0.05, 0) is 78.6 Å². The highest BCUT2D eigenvalue weighted by Crippen LogP contribution is 2.67. The molecule has 54 heavy (non-hydrogen) atoms. The standard InChI is InChI=1S/C41H43F3N4O5S/c1-53-30-13-15-31-33(18-30)34-19-40(34,39(50)48-28-17-29(48)22-46(21-28)20-25-8-4-2-5-9-25)23-47-35-16-27(38(49)45-54(51,52)24-41(42,43)44)12-14-32(35)36(37(31)47)26-10-6-3-7-11-26/h2,4-5,8-9,12-16,18,26,28-29,34H,3,6-7,10-11,17,19-24H2,1H3,(H,45,49). The van der Waals surface area contributed by atoms with Gasteiger partial charge in [-0.1, -0.05) is 55.7 Å². The van der Waals surface area contributed by atoms with Gasteiger partial charge in [0.15, 0.2) is 5.75 Å². The number of nitrogens with one attached hydrogen (secondary N) is 1. The second-order valence-electron chi connectivity index (χ2n) is 16.0.